The van der Waals surface area contributed by atoms with Gasteiger partial charge in [0.15, 0.2) is 11.5 Å². The fraction of sp³-hybridized carbons (Fsp3) is 0.381. The molecule has 3 amide bonds. The van der Waals surface area contributed by atoms with Crippen molar-refractivity contribution >= 4 is 34.7 Å². The minimum Gasteiger partial charge on any atom is -0.493 e. The van der Waals surface area contributed by atoms with Crippen LogP contribution < -0.4 is 20.1 Å². The topological polar surface area (TPSA) is 97.0 Å². The highest BCUT2D eigenvalue weighted by atomic mass is 32.1. The van der Waals surface area contributed by atoms with Gasteiger partial charge in [-0.15, -0.1) is 0 Å². The summed E-state index contributed by atoms with van der Waals surface area (Å²) in [6.07, 6.45) is 0.673. The summed E-state index contributed by atoms with van der Waals surface area (Å²) in [6, 6.07) is 5.13. The fourth-order valence-corrected chi connectivity index (χ4v) is 4.72. The average Bonchev–Trinajstić information content (AvgIpc) is 3.43. The van der Waals surface area contributed by atoms with E-state index in [1.54, 1.807) is 17.0 Å². The van der Waals surface area contributed by atoms with Gasteiger partial charge in [0.2, 0.25) is 11.8 Å². The second-order valence-corrected chi connectivity index (χ2v) is 8.24. The number of ether oxygens (including phenoxy) is 2. The Morgan fingerprint density at radius 2 is 2.10 bits per heavy atom. The number of hydrogen-bond donors (Lipinski definition) is 2. The molecule has 2 aliphatic rings. The third kappa shape index (κ3) is 3.97. The van der Waals surface area contributed by atoms with Crippen LogP contribution in [0.1, 0.15) is 22.3 Å². The molecule has 30 heavy (non-hydrogen) atoms. The van der Waals surface area contributed by atoms with Crippen LogP contribution in [0.15, 0.2) is 29.0 Å². The molecule has 0 aliphatic carbocycles. The smallest absolute Gasteiger partial charge is 0.254 e. The number of amides is 3. The molecule has 3 heterocycles. The molecule has 0 unspecified atom stereocenters. The number of benzene rings is 1. The van der Waals surface area contributed by atoms with E-state index >= 15 is 0 Å². The van der Waals surface area contributed by atoms with Crippen LogP contribution >= 0.6 is 11.3 Å². The van der Waals surface area contributed by atoms with E-state index in [0.717, 1.165) is 5.56 Å². The van der Waals surface area contributed by atoms with Crippen LogP contribution in [0.25, 0.3) is 0 Å². The zero-order valence-electron chi connectivity index (χ0n) is 16.8. The van der Waals surface area contributed by atoms with Crippen LogP contribution in [0.3, 0.4) is 0 Å². The van der Waals surface area contributed by atoms with Gasteiger partial charge in [-0.1, -0.05) is 0 Å². The van der Waals surface area contributed by atoms with E-state index in [1.807, 2.05) is 16.8 Å². The number of thiophene rings is 1. The minimum absolute atomic E-state index is 0.00591. The number of nitrogens with zero attached hydrogens (tertiary/aromatic N) is 1. The first-order valence-electron chi connectivity index (χ1n) is 9.64. The molecule has 0 bridgehead atoms. The third-order valence-electron chi connectivity index (χ3n) is 5.47. The molecular formula is C21H23N3O5S. The molecule has 1 aromatic heterocycles. The maximum Gasteiger partial charge on any atom is 0.254 e. The van der Waals surface area contributed by atoms with Gasteiger partial charge in [-0.3, -0.25) is 14.4 Å². The van der Waals surface area contributed by atoms with Gasteiger partial charge in [-0.25, -0.2) is 0 Å². The van der Waals surface area contributed by atoms with E-state index in [-0.39, 0.29) is 36.1 Å². The third-order valence-corrected chi connectivity index (χ3v) is 6.20. The molecule has 2 aliphatic heterocycles. The quantitative estimate of drug-likeness (QED) is 0.731. The summed E-state index contributed by atoms with van der Waals surface area (Å²) in [4.78, 5) is 38.9. The highest BCUT2D eigenvalue weighted by molar-refractivity contribution is 7.08. The van der Waals surface area contributed by atoms with Crippen LogP contribution in [-0.2, 0) is 16.0 Å². The highest BCUT2D eigenvalue weighted by Crippen LogP contribution is 2.38. The molecule has 4 rings (SSSR count). The number of rotatable bonds is 6. The molecule has 2 fully saturated rings. The highest BCUT2D eigenvalue weighted by Gasteiger charge is 2.41. The zero-order valence-corrected chi connectivity index (χ0v) is 17.6. The van der Waals surface area contributed by atoms with Crippen molar-refractivity contribution in [1.29, 1.82) is 0 Å². The summed E-state index contributed by atoms with van der Waals surface area (Å²) in [5, 5.41) is 9.59. The molecule has 2 atom stereocenters. The normalized spacial score (nSPS) is 19.9. The standard InChI is InChI=1S/C21H23N3O5S/c1-28-17-7-13(21(27)24-9-14-8-19(26)23-16(14)10-24)6-15(20(17)29-2)22-18(25)5-12-3-4-30-11-12/h3-4,6-7,11,14,16H,5,8-10H2,1-2H3,(H,22,25)(H,23,26)/t14-,16+/m0/s1. The molecule has 2 aromatic rings. The Bertz CT molecular complexity index is 959. The second-order valence-electron chi connectivity index (χ2n) is 7.46. The van der Waals surface area contributed by atoms with Crippen LogP contribution in [0.2, 0.25) is 0 Å². The van der Waals surface area contributed by atoms with Crippen molar-refractivity contribution in [2.75, 3.05) is 32.6 Å². The summed E-state index contributed by atoms with van der Waals surface area (Å²) >= 11 is 1.53. The van der Waals surface area contributed by atoms with Crippen molar-refractivity contribution in [2.24, 2.45) is 5.92 Å². The van der Waals surface area contributed by atoms with E-state index < -0.39 is 0 Å². The van der Waals surface area contributed by atoms with Gasteiger partial charge < -0.3 is 25.0 Å². The predicted octanol–water partition coefficient (Wildman–Crippen LogP) is 1.91. The van der Waals surface area contributed by atoms with Crippen molar-refractivity contribution < 1.29 is 23.9 Å². The maximum atomic E-state index is 13.1. The van der Waals surface area contributed by atoms with Gasteiger partial charge >= 0.3 is 0 Å². The Labute approximate surface area is 178 Å². The lowest BCUT2D eigenvalue weighted by Gasteiger charge is -2.20. The molecule has 9 heteroatoms. The maximum absolute atomic E-state index is 13.1. The van der Waals surface area contributed by atoms with Gasteiger partial charge in [0, 0.05) is 31.0 Å². The van der Waals surface area contributed by atoms with Crippen LogP contribution in [0.4, 0.5) is 5.69 Å². The molecule has 1 aromatic carbocycles. The summed E-state index contributed by atoms with van der Waals surface area (Å²) in [5.41, 5.74) is 1.69. The van der Waals surface area contributed by atoms with Gasteiger partial charge in [0.1, 0.15) is 0 Å². The number of anilines is 1. The molecular weight excluding hydrogens is 406 g/mol. The van der Waals surface area contributed by atoms with Crippen LogP contribution in [0, 0.1) is 5.92 Å². The number of carbonyl (C=O) groups excluding carboxylic acids is 3. The first-order valence-corrected chi connectivity index (χ1v) is 10.6. The second kappa shape index (κ2) is 8.35. The Morgan fingerprint density at radius 1 is 1.27 bits per heavy atom. The lowest BCUT2D eigenvalue weighted by atomic mass is 10.1. The molecule has 0 saturated carbocycles. The first-order chi connectivity index (χ1) is 14.5. The zero-order chi connectivity index (χ0) is 21.3. The number of hydrogen-bond acceptors (Lipinski definition) is 6. The number of carbonyl (C=O) groups is 3. The number of methoxy groups -OCH3 is 2. The Hall–Kier alpha value is -3.07. The summed E-state index contributed by atoms with van der Waals surface area (Å²) in [6.45, 7) is 1.000. The fourth-order valence-electron chi connectivity index (χ4n) is 4.05. The van der Waals surface area contributed by atoms with E-state index in [0.29, 0.717) is 42.3 Å². The average molecular weight is 429 g/mol. The van der Waals surface area contributed by atoms with Crippen molar-refractivity contribution in [2.45, 2.75) is 18.9 Å². The van der Waals surface area contributed by atoms with Crippen molar-refractivity contribution in [3.8, 4) is 11.5 Å². The van der Waals surface area contributed by atoms with E-state index in [9.17, 15) is 14.4 Å². The summed E-state index contributed by atoms with van der Waals surface area (Å²) in [5.74, 6) is 0.523. The lowest BCUT2D eigenvalue weighted by molar-refractivity contribution is -0.119. The van der Waals surface area contributed by atoms with Gasteiger partial charge in [0.25, 0.3) is 5.91 Å². The van der Waals surface area contributed by atoms with Crippen LogP contribution in [-0.4, -0.2) is 56.0 Å². The van der Waals surface area contributed by atoms with Crippen molar-refractivity contribution in [3.63, 3.8) is 0 Å². The molecule has 158 valence electrons. The van der Waals surface area contributed by atoms with Gasteiger partial charge in [-0.05, 0) is 34.5 Å². The van der Waals surface area contributed by atoms with Gasteiger partial charge in [0.05, 0.1) is 32.4 Å². The van der Waals surface area contributed by atoms with E-state index in [1.165, 1.54) is 25.6 Å². The monoisotopic (exact) mass is 429 g/mol. The molecule has 0 spiro atoms. The largest absolute Gasteiger partial charge is 0.493 e. The summed E-state index contributed by atoms with van der Waals surface area (Å²) in [7, 11) is 2.97. The molecule has 8 nitrogen and oxygen atoms in total. The lowest BCUT2D eigenvalue weighted by Crippen LogP contribution is -2.35. The number of likely N-dealkylation sites (tertiary alicyclic amines) is 1. The Kier molecular flexibility index (Phi) is 5.63. The predicted molar refractivity (Wildman–Crippen MR) is 112 cm³/mol. The molecule has 2 N–H and O–H groups in total. The van der Waals surface area contributed by atoms with Gasteiger partial charge in [-0.2, -0.15) is 11.3 Å². The van der Waals surface area contributed by atoms with E-state index in [2.05, 4.69) is 10.6 Å². The Balaban J connectivity index is 1.56. The Morgan fingerprint density at radius 3 is 2.77 bits per heavy atom. The summed E-state index contributed by atoms with van der Waals surface area (Å²) < 4.78 is 10.8. The first kappa shape index (κ1) is 20.2. The number of nitrogens with one attached hydrogen (secondary N) is 2. The van der Waals surface area contributed by atoms with E-state index in [4.69, 9.17) is 9.47 Å². The molecule has 2 saturated heterocycles. The van der Waals surface area contributed by atoms with Crippen molar-refractivity contribution in [3.05, 3.63) is 40.1 Å². The molecule has 0 radical (unpaired) electrons. The SMILES string of the molecule is COc1cc(C(=O)N2C[C@@H]3CC(=O)N[C@@H]3C2)cc(NC(=O)Cc2ccsc2)c1OC. The number of fused-ring (bicyclic) bond motifs is 1. The minimum atomic E-state index is -0.211. The van der Waals surface area contributed by atoms with Crippen molar-refractivity contribution in [1.82, 2.24) is 10.2 Å². The van der Waals surface area contributed by atoms with Crippen LogP contribution in [0.5, 0.6) is 11.5 Å².